The molecule has 0 nitrogen and oxygen atoms in total. The Labute approximate surface area is 227 Å². The summed E-state index contributed by atoms with van der Waals surface area (Å²) in [5, 5.41) is 0. The van der Waals surface area contributed by atoms with Crippen LogP contribution in [0.3, 0.4) is 0 Å². The van der Waals surface area contributed by atoms with E-state index in [-0.39, 0.29) is 0 Å². The summed E-state index contributed by atoms with van der Waals surface area (Å²) in [7, 11) is 0. The summed E-state index contributed by atoms with van der Waals surface area (Å²) in [4.78, 5) is 0. The van der Waals surface area contributed by atoms with Crippen LogP contribution >= 0.6 is 0 Å². The molecule has 0 unspecified atom stereocenters. The minimum Gasteiger partial charge on any atom is -0.0683 e. The van der Waals surface area contributed by atoms with Gasteiger partial charge in [-0.3, -0.25) is 0 Å². The Kier molecular flexibility index (Phi) is 9.83. The summed E-state index contributed by atoms with van der Waals surface area (Å²) in [6.07, 6.45) is 0. The fourth-order valence-electron chi connectivity index (χ4n) is 4.28. The molecule has 0 aliphatic heterocycles. The number of benzene rings is 6. The fraction of sp³-hybridized carbons (Fsp3) is 0.0526. The highest BCUT2D eigenvalue weighted by Gasteiger charge is 2.01. The van der Waals surface area contributed by atoms with Crippen molar-refractivity contribution >= 4 is 0 Å². The Bertz CT molecular complexity index is 1260. The maximum atomic E-state index is 2.24. The molecule has 0 saturated heterocycles. The van der Waals surface area contributed by atoms with Gasteiger partial charge in [-0.05, 0) is 56.6 Å². The Balaban J connectivity index is 0.000000166. The van der Waals surface area contributed by atoms with Crippen molar-refractivity contribution in [2.24, 2.45) is 0 Å². The second-order valence-corrected chi connectivity index (χ2v) is 8.63. The minimum atomic E-state index is 1.26. The molecule has 38 heavy (non-hydrogen) atoms. The second-order valence-electron chi connectivity index (χ2n) is 8.63. The standard InChI is InChI=1S/2C18H14.C2H6/c2*1-3-8-15(9-4-1)17-12-7-13-18(14-17)16-10-5-2-6-11-16;1-2/h2*1-14H;1-2H3. The Morgan fingerprint density at radius 3 is 0.605 bits per heavy atom. The summed E-state index contributed by atoms with van der Waals surface area (Å²) in [6, 6.07) is 59.3. The zero-order valence-electron chi connectivity index (χ0n) is 22.2. The van der Waals surface area contributed by atoms with Crippen molar-refractivity contribution in [1.29, 1.82) is 0 Å². The van der Waals surface area contributed by atoms with Crippen molar-refractivity contribution in [2.45, 2.75) is 13.8 Å². The lowest BCUT2D eigenvalue weighted by molar-refractivity contribution is 1.50. The number of hydrogen-bond acceptors (Lipinski definition) is 0. The summed E-state index contributed by atoms with van der Waals surface area (Å²) >= 11 is 0. The molecule has 0 N–H and O–H groups in total. The van der Waals surface area contributed by atoms with Gasteiger partial charge in [-0.15, -0.1) is 0 Å². The predicted octanol–water partition coefficient (Wildman–Crippen LogP) is 11.1. The molecule has 6 rings (SSSR count). The molecule has 0 spiro atoms. The van der Waals surface area contributed by atoms with Gasteiger partial charge in [-0.2, -0.15) is 0 Å². The summed E-state index contributed by atoms with van der Waals surface area (Å²) in [5.74, 6) is 0. The van der Waals surface area contributed by atoms with Crippen molar-refractivity contribution in [3.63, 3.8) is 0 Å². The van der Waals surface area contributed by atoms with E-state index in [1.165, 1.54) is 44.5 Å². The molecule has 0 aromatic heterocycles. The van der Waals surface area contributed by atoms with Crippen LogP contribution in [0.4, 0.5) is 0 Å². The highest BCUT2D eigenvalue weighted by atomic mass is 14.1. The van der Waals surface area contributed by atoms with Gasteiger partial charge < -0.3 is 0 Å². The first-order valence-corrected chi connectivity index (χ1v) is 13.3. The number of rotatable bonds is 4. The van der Waals surface area contributed by atoms with Gasteiger partial charge in [0.15, 0.2) is 0 Å². The molecule has 6 aromatic rings. The van der Waals surface area contributed by atoms with E-state index in [9.17, 15) is 0 Å². The van der Waals surface area contributed by atoms with Crippen LogP contribution in [0.25, 0.3) is 44.5 Å². The van der Waals surface area contributed by atoms with E-state index >= 15 is 0 Å². The molecule has 0 bridgehead atoms. The summed E-state index contributed by atoms with van der Waals surface area (Å²) in [6.45, 7) is 4.00. The lowest BCUT2D eigenvalue weighted by Gasteiger charge is -2.05. The lowest BCUT2D eigenvalue weighted by Crippen LogP contribution is -1.80. The second kappa shape index (κ2) is 14.2. The van der Waals surface area contributed by atoms with Crippen molar-refractivity contribution < 1.29 is 0 Å². The van der Waals surface area contributed by atoms with Crippen LogP contribution in [0.1, 0.15) is 13.8 Å². The van der Waals surface area contributed by atoms with Crippen molar-refractivity contribution in [3.05, 3.63) is 170 Å². The molecule has 0 heterocycles. The minimum absolute atomic E-state index is 1.26. The van der Waals surface area contributed by atoms with E-state index < -0.39 is 0 Å². The Morgan fingerprint density at radius 2 is 0.395 bits per heavy atom. The van der Waals surface area contributed by atoms with E-state index in [4.69, 9.17) is 0 Å². The van der Waals surface area contributed by atoms with Crippen LogP contribution in [0.2, 0.25) is 0 Å². The van der Waals surface area contributed by atoms with Gasteiger partial charge in [-0.1, -0.05) is 172 Å². The van der Waals surface area contributed by atoms with E-state index in [0.29, 0.717) is 0 Å². The van der Waals surface area contributed by atoms with E-state index in [2.05, 4.69) is 146 Å². The van der Waals surface area contributed by atoms with Crippen molar-refractivity contribution in [1.82, 2.24) is 0 Å². The van der Waals surface area contributed by atoms with Crippen LogP contribution in [0.5, 0.6) is 0 Å². The third-order valence-corrected chi connectivity index (χ3v) is 6.15. The molecule has 0 aliphatic carbocycles. The number of hydrogen-bond donors (Lipinski definition) is 0. The highest BCUT2D eigenvalue weighted by molar-refractivity contribution is 5.74. The molecule has 186 valence electrons. The SMILES string of the molecule is CC.c1ccc(-c2cccc(-c3ccccc3)c2)cc1.c1ccc(-c2cccc(-c3ccccc3)c2)cc1. The first-order chi connectivity index (χ1) is 18.9. The average Bonchev–Trinajstić information content (AvgIpc) is 3.04. The normalized spacial score (nSPS) is 9.84. The van der Waals surface area contributed by atoms with Crippen LogP contribution in [-0.4, -0.2) is 0 Å². The van der Waals surface area contributed by atoms with E-state index in [0.717, 1.165) is 0 Å². The quantitative estimate of drug-likeness (QED) is 0.230. The third kappa shape index (κ3) is 7.18. The topological polar surface area (TPSA) is 0 Å². The third-order valence-electron chi connectivity index (χ3n) is 6.15. The maximum Gasteiger partial charge on any atom is -0.0178 e. The highest BCUT2D eigenvalue weighted by Crippen LogP contribution is 2.27. The molecular formula is C38H34. The summed E-state index contributed by atoms with van der Waals surface area (Å²) in [5.41, 5.74) is 10.1. The smallest absolute Gasteiger partial charge is 0.0178 e. The van der Waals surface area contributed by atoms with Crippen LogP contribution in [0, 0.1) is 0 Å². The molecule has 0 atom stereocenters. The maximum absolute atomic E-state index is 2.24. The van der Waals surface area contributed by atoms with Crippen LogP contribution < -0.4 is 0 Å². The first-order valence-electron chi connectivity index (χ1n) is 13.3. The van der Waals surface area contributed by atoms with Crippen molar-refractivity contribution in [2.75, 3.05) is 0 Å². The summed E-state index contributed by atoms with van der Waals surface area (Å²) < 4.78 is 0. The molecule has 0 aliphatic rings. The Morgan fingerprint density at radius 1 is 0.211 bits per heavy atom. The molecule has 0 radical (unpaired) electrons. The van der Waals surface area contributed by atoms with Crippen molar-refractivity contribution in [3.8, 4) is 44.5 Å². The van der Waals surface area contributed by atoms with E-state index in [1.54, 1.807) is 0 Å². The monoisotopic (exact) mass is 490 g/mol. The van der Waals surface area contributed by atoms with Gasteiger partial charge in [0, 0.05) is 0 Å². The van der Waals surface area contributed by atoms with E-state index in [1.807, 2.05) is 38.1 Å². The molecule has 0 fully saturated rings. The van der Waals surface area contributed by atoms with Gasteiger partial charge in [0.25, 0.3) is 0 Å². The molecule has 0 amide bonds. The van der Waals surface area contributed by atoms with Crippen LogP contribution in [-0.2, 0) is 0 Å². The fourth-order valence-corrected chi connectivity index (χ4v) is 4.28. The largest absolute Gasteiger partial charge is 0.0683 e. The van der Waals surface area contributed by atoms with Gasteiger partial charge in [-0.25, -0.2) is 0 Å². The van der Waals surface area contributed by atoms with Gasteiger partial charge in [0.2, 0.25) is 0 Å². The molecule has 6 aromatic carbocycles. The zero-order valence-corrected chi connectivity index (χ0v) is 22.2. The van der Waals surface area contributed by atoms with Gasteiger partial charge in [0.05, 0.1) is 0 Å². The molecular weight excluding hydrogens is 456 g/mol. The molecule has 0 saturated carbocycles. The first kappa shape index (κ1) is 26.4. The lowest BCUT2D eigenvalue weighted by atomic mass is 9.99. The van der Waals surface area contributed by atoms with Gasteiger partial charge >= 0.3 is 0 Å². The molecule has 0 heteroatoms. The van der Waals surface area contributed by atoms with Crippen LogP contribution in [0.15, 0.2) is 170 Å². The predicted molar refractivity (Wildman–Crippen MR) is 166 cm³/mol. The van der Waals surface area contributed by atoms with Gasteiger partial charge in [0.1, 0.15) is 0 Å². The zero-order chi connectivity index (χ0) is 26.4. The Hall–Kier alpha value is -4.68. The average molecular weight is 491 g/mol.